The molecule has 0 aliphatic carbocycles. The van der Waals surface area contributed by atoms with Gasteiger partial charge in [0, 0.05) is 29.6 Å². The predicted octanol–water partition coefficient (Wildman–Crippen LogP) is 3.87. The van der Waals surface area contributed by atoms with Crippen molar-refractivity contribution in [2.75, 3.05) is 12.3 Å². The molecule has 4 N–H and O–H groups in total. The van der Waals surface area contributed by atoms with Gasteiger partial charge in [-0.2, -0.15) is 0 Å². The molecular weight excluding hydrogens is 382 g/mol. The van der Waals surface area contributed by atoms with Crippen molar-refractivity contribution in [3.8, 4) is 0 Å². The summed E-state index contributed by atoms with van der Waals surface area (Å²) in [5.74, 6) is 0.826. The molecule has 0 aliphatic heterocycles. The maximum atomic E-state index is 9.61. The number of H-pyrrole nitrogens is 1. The molecule has 6 nitrogen and oxygen atoms in total. The molecule has 2 aromatic carbocycles. The molecular formula is C19H18ClN5OS. The summed E-state index contributed by atoms with van der Waals surface area (Å²) in [6.45, 7) is 0.432. The molecule has 1 atom stereocenters. The molecule has 0 saturated carbocycles. The fourth-order valence-electron chi connectivity index (χ4n) is 3.02. The van der Waals surface area contributed by atoms with Crippen LogP contribution in [0.5, 0.6) is 0 Å². The van der Waals surface area contributed by atoms with Crippen LogP contribution in [0.2, 0.25) is 5.02 Å². The molecule has 4 rings (SSSR count). The highest BCUT2D eigenvalue weighted by Crippen LogP contribution is 2.40. The van der Waals surface area contributed by atoms with Crippen LogP contribution in [0, 0.1) is 0 Å². The number of nitrogen functional groups attached to an aromatic ring is 1. The molecule has 138 valence electrons. The first-order valence-electron chi connectivity index (χ1n) is 8.43. The zero-order valence-corrected chi connectivity index (χ0v) is 15.9. The number of nitrogens with one attached hydrogen (secondary N) is 1. The fraction of sp³-hybridized carbons (Fsp3) is 0.158. The van der Waals surface area contributed by atoms with Crippen molar-refractivity contribution >= 4 is 40.1 Å². The summed E-state index contributed by atoms with van der Waals surface area (Å²) < 4.78 is 2.01. The Morgan fingerprint density at radius 2 is 2.04 bits per heavy atom. The summed E-state index contributed by atoms with van der Waals surface area (Å²) >= 11 is 7.75. The predicted molar refractivity (Wildman–Crippen MR) is 109 cm³/mol. The zero-order valence-electron chi connectivity index (χ0n) is 14.3. The van der Waals surface area contributed by atoms with Crippen LogP contribution in [0.15, 0.2) is 60.0 Å². The monoisotopic (exact) mass is 399 g/mol. The van der Waals surface area contributed by atoms with Gasteiger partial charge in [0.25, 0.3) is 0 Å². The average molecular weight is 400 g/mol. The second-order valence-electron chi connectivity index (χ2n) is 6.04. The highest BCUT2D eigenvalue weighted by Gasteiger charge is 2.24. The Hall–Kier alpha value is -2.48. The van der Waals surface area contributed by atoms with Gasteiger partial charge >= 0.3 is 0 Å². The number of rotatable bonds is 6. The van der Waals surface area contributed by atoms with Gasteiger partial charge in [-0.25, -0.2) is 9.97 Å². The van der Waals surface area contributed by atoms with E-state index in [1.54, 1.807) is 24.2 Å². The van der Waals surface area contributed by atoms with E-state index in [1.165, 1.54) is 0 Å². The minimum atomic E-state index is -0.130. The van der Waals surface area contributed by atoms with E-state index >= 15 is 0 Å². The summed E-state index contributed by atoms with van der Waals surface area (Å²) in [4.78, 5) is 12.3. The number of aromatic amines is 1. The van der Waals surface area contributed by atoms with Crippen LogP contribution < -0.4 is 5.73 Å². The summed E-state index contributed by atoms with van der Waals surface area (Å²) in [5.41, 5.74) is 9.35. The number of benzene rings is 2. The smallest absolute Gasteiger partial charge is 0.166 e. The maximum Gasteiger partial charge on any atom is 0.166 e. The van der Waals surface area contributed by atoms with E-state index in [0.29, 0.717) is 17.3 Å². The molecule has 0 radical (unpaired) electrons. The Bertz CT molecular complexity index is 1050. The van der Waals surface area contributed by atoms with Crippen LogP contribution in [0.4, 0.5) is 5.69 Å². The van der Waals surface area contributed by atoms with Gasteiger partial charge in [-0.1, -0.05) is 35.5 Å². The van der Waals surface area contributed by atoms with E-state index in [0.717, 1.165) is 27.6 Å². The normalized spacial score (nSPS) is 12.5. The lowest BCUT2D eigenvalue weighted by molar-refractivity contribution is 0.276. The first-order chi connectivity index (χ1) is 13.2. The van der Waals surface area contributed by atoms with Gasteiger partial charge in [0.05, 0.1) is 22.9 Å². The first-order valence-corrected chi connectivity index (χ1v) is 9.69. The topological polar surface area (TPSA) is 92.8 Å². The van der Waals surface area contributed by atoms with Crippen LogP contribution in [0.1, 0.15) is 16.6 Å². The summed E-state index contributed by atoms with van der Waals surface area (Å²) in [5, 5.41) is 10.9. The van der Waals surface area contributed by atoms with Crippen molar-refractivity contribution in [3.05, 3.63) is 71.3 Å². The van der Waals surface area contributed by atoms with E-state index in [9.17, 15) is 5.11 Å². The van der Waals surface area contributed by atoms with E-state index in [4.69, 9.17) is 22.3 Å². The van der Waals surface area contributed by atoms with Crippen molar-refractivity contribution in [3.63, 3.8) is 0 Å². The second-order valence-corrected chi connectivity index (χ2v) is 7.57. The van der Waals surface area contributed by atoms with E-state index in [-0.39, 0.29) is 11.9 Å². The van der Waals surface area contributed by atoms with Gasteiger partial charge < -0.3 is 20.4 Å². The Balaban J connectivity index is 1.88. The molecule has 2 aromatic heterocycles. The minimum absolute atomic E-state index is 0.00481. The van der Waals surface area contributed by atoms with Gasteiger partial charge in [-0.05, 0) is 35.9 Å². The van der Waals surface area contributed by atoms with Crippen LogP contribution in [0.3, 0.4) is 0 Å². The minimum Gasteiger partial charge on any atom is -0.399 e. The van der Waals surface area contributed by atoms with Crippen LogP contribution in [-0.4, -0.2) is 31.2 Å². The number of thioether (sulfide) groups is 1. The van der Waals surface area contributed by atoms with Gasteiger partial charge in [0.2, 0.25) is 0 Å². The van der Waals surface area contributed by atoms with Crippen LogP contribution in [0.25, 0.3) is 11.0 Å². The number of hydrogen-bond donors (Lipinski definition) is 3. The molecule has 0 amide bonds. The Kier molecular flexibility index (Phi) is 5.07. The number of imidazole rings is 2. The maximum absolute atomic E-state index is 9.61. The van der Waals surface area contributed by atoms with E-state index < -0.39 is 0 Å². The molecule has 0 saturated heterocycles. The fourth-order valence-corrected chi connectivity index (χ4v) is 4.24. The SMILES string of the molecule is Nc1ccc(C(Sc2ncc[nH]2)c2nc3ccc(Cl)cc3n2CCO)cc1. The standard InChI is InChI=1S/C19H18ClN5OS/c20-13-3-6-15-16(11-13)25(9-10-26)18(24-15)17(27-19-22-7-8-23-19)12-1-4-14(21)5-2-12/h1-8,11,17,26H,9-10,21H2,(H,22,23). The molecule has 0 fully saturated rings. The number of nitrogens with two attached hydrogens (primary N) is 1. The van der Waals surface area contributed by atoms with Crippen molar-refractivity contribution < 1.29 is 5.11 Å². The molecule has 8 heteroatoms. The molecule has 1 unspecified atom stereocenters. The number of nitrogens with zero attached hydrogens (tertiary/aromatic N) is 3. The Morgan fingerprint density at radius 1 is 1.22 bits per heavy atom. The number of fused-ring (bicyclic) bond motifs is 1. The number of aromatic nitrogens is 4. The van der Waals surface area contributed by atoms with Gasteiger partial charge in [-0.15, -0.1) is 0 Å². The Morgan fingerprint density at radius 3 is 2.74 bits per heavy atom. The highest BCUT2D eigenvalue weighted by molar-refractivity contribution is 7.99. The molecule has 0 aliphatic rings. The lowest BCUT2D eigenvalue weighted by Gasteiger charge is -2.18. The van der Waals surface area contributed by atoms with Crippen molar-refractivity contribution in [1.29, 1.82) is 0 Å². The van der Waals surface area contributed by atoms with Gasteiger partial charge in [0.1, 0.15) is 5.82 Å². The number of aliphatic hydroxyl groups excluding tert-OH is 1. The third-order valence-corrected chi connectivity index (χ3v) is 5.64. The first kappa shape index (κ1) is 17.9. The molecule has 4 aromatic rings. The highest BCUT2D eigenvalue weighted by atomic mass is 35.5. The number of anilines is 1. The molecule has 27 heavy (non-hydrogen) atoms. The van der Waals surface area contributed by atoms with Gasteiger partial charge in [0.15, 0.2) is 5.16 Å². The average Bonchev–Trinajstić information content (AvgIpc) is 3.29. The summed E-state index contributed by atoms with van der Waals surface area (Å²) in [7, 11) is 0. The number of hydrogen-bond acceptors (Lipinski definition) is 5. The lowest BCUT2D eigenvalue weighted by Crippen LogP contribution is -2.11. The largest absolute Gasteiger partial charge is 0.399 e. The van der Waals surface area contributed by atoms with E-state index in [1.807, 2.05) is 47.0 Å². The second kappa shape index (κ2) is 7.64. The zero-order chi connectivity index (χ0) is 18.8. The van der Waals surface area contributed by atoms with Crippen LogP contribution >= 0.6 is 23.4 Å². The van der Waals surface area contributed by atoms with Crippen molar-refractivity contribution in [2.24, 2.45) is 0 Å². The lowest BCUT2D eigenvalue weighted by atomic mass is 10.1. The van der Waals surface area contributed by atoms with E-state index in [2.05, 4.69) is 9.97 Å². The third kappa shape index (κ3) is 3.66. The number of aliphatic hydroxyl groups is 1. The van der Waals surface area contributed by atoms with Crippen molar-refractivity contribution in [1.82, 2.24) is 19.5 Å². The molecule has 0 spiro atoms. The number of halogens is 1. The van der Waals surface area contributed by atoms with Crippen molar-refractivity contribution in [2.45, 2.75) is 17.0 Å². The summed E-state index contributed by atoms with van der Waals surface area (Å²) in [6.07, 6.45) is 3.51. The quantitative estimate of drug-likeness (QED) is 0.338. The third-order valence-electron chi connectivity index (χ3n) is 4.24. The Labute approximate surface area is 165 Å². The van der Waals surface area contributed by atoms with Gasteiger partial charge in [-0.3, -0.25) is 0 Å². The molecule has 0 bridgehead atoms. The van der Waals surface area contributed by atoms with Crippen LogP contribution in [-0.2, 0) is 6.54 Å². The molecule has 2 heterocycles. The summed E-state index contributed by atoms with van der Waals surface area (Å²) in [6, 6.07) is 13.3.